The monoisotopic (exact) mass is 346 g/mol. The molecule has 7 heteroatoms. The predicted octanol–water partition coefficient (Wildman–Crippen LogP) is 3.65. The van der Waals surface area contributed by atoms with Crippen LogP contribution in [0.1, 0.15) is 17.9 Å². The van der Waals surface area contributed by atoms with Gasteiger partial charge in [-0.2, -0.15) is 17.0 Å². The van der Waals surface area contributed by atoms with Crippen LogP contribution in [0.4, 0.5) is 0 Å². The fraction of sp³-hybridized carbons (Fsp3) is 0.250. The number of H-pyrrole nitrogens is 1. The van der Waals surface area contributed by atoms with Gasteiger partial charge in [0.1, 0.15) is 6.07 Å². The van der Waals surface area contributed by atoms with Gasteiger partial charge in [0.05, 0.1) is 16.8 Å². The summed E-state index contributed by atoms with van der Waals surface area (Å²) in [7, 11) is 0. The lowest BCUT2D eigenvalue weighted by atomic mass is 9.86. The van der Waals surface area contributed by atoms with Gasteiger partial charge in [0.2, 0.25) is 11.8 Å². The Kier molecular flexibility index (Phi) is 4.51. The van der Waals surface area contributed by atoms with Gasteiger partial charge in [-0.05, 0) is 24.5 Å². The molecule has 0 fully saturated rings. The van der Waals surface area contributed by atoms with Gasteiger partial charge >= 0.3 is 0 Å². The zero-order valence-electron chi connectivity index (χ0n) is 12.5. The third-order valence-corrected chi connectivity index (χ3v) is 4.79. The second kappa shape index (κ2) is 6.57. The minimum Gasteiger partial charge on any atom is -0.420 e. The Morgan fingerprint density at radius 2 is 2.26 bits per heavy atom. The van der Waals surface area contributed by atoms with Gasteiger partial charge in [-0.25, -0.2) is 0 Å². The third kappa shape index (κ3) is 2.78. The van der Waals surface area contributed by atoms with Crippen molar-refractivity contribution in [2.24, 2.45) is 5.73 Å². The summed E-state index contributed by atoms with van der Waals surface area (Å²) < 4.78 is 5.53. The average Bonchev–Trinajstić information content (AvgIpc) is 2.96. The zero-order valence-corrected chi connectivity index (χ0v) is 14.0. The Balaban J connectivity index is 2.14. The second-order valence-corrected chi connectivity index (χ2v) is 6.52. The van der Waals surface area contributed by atoms with E-state index in [1.54, 1.807) is 11.8 Å². The van der Waals surface area contributed by atoms with E-state index in [0.717, 1.165) is 29.0 Å². The molecule has 0 saturated heterocycles. The molecule has 2 aromatic rings. The van der Waals surface area contributed by atoms with E-state index in [4.69, 9.17) is 22.1 Å². The summed E-state index contributed by atoms with van der Waals surface area (Å²) in [6.07, 6.45) is 2.81. The van der Waals surface area contributed by atoms with Crippen molar-refractivity contribution in [3.05, 3.63) is 46.3 Å². The summed E-state index contributed by atoms with van der Waals surface area (Å²) in [5.41, 5.74) is 8.79. The smallest absolute Gasteiger partial charge is 0.244 e. The van der Waals surface area contributed by atoms with Crippen LogP contribution in [0.25, 0.3) is 11.3 Å². The maximum Gasteiger partial charge on any atom is 0.244 e. The van der Waals surface area contributed by atoms with Crippen molar-refractivity contribution in [3.63, 3.8) is 0 Å². The number of benzene rings is 1. The summed E-state index contributed by atoms with van der Waals surface area (Å²) in [5.74, 6) is 1.29. The number of hydrogen-bond donors (Lipinski definition) is 2. The molecule has 5 nitrogen and oxygen atoms in total. The van der Waals surface area contributed by atoms with Crippen LogP contribution in [0.2, 0.25) is 5.02 Å². The molecule has 1 atom stereocenters. The van der Waals surface area contributed by atoms with E-state index < -0.39 is 0 Å². The molecular weight excluding hydrogens is 332 g/mol. The van der Waals surface area contributed by atoms with E-state index in [9.17, 15) is 5.26 Å². The molecule has 0 aliphatic carbocycles. The fourth-order valence-corrected chi connectivity index (χ4v) is 3.44. The second-order valence-electron chi connectivity index (χ2n) is 5.12. The molecule has 0 saturated carbocycles. The first-order valence-corrected chi connectivity index (χ1v) is 8.84. The van der Waals surface area contributed by atoms with Crippen LogP contribution < -0.4 is 10.5 Å². The summed E-state index contributed by atoms with van der Waals surface area (Å²) in [6.45, 7) is 0. The molecular formula is C16H15ClN4OS. The fourth-order valence-electron chi connectivity index (χ4n) is 2.74. The number of thioether (sulfide) groups is 1. The Bertz CT molecular complexity index is 809. The maximum absolute atomic E-state index is 9.48. The Morgan fingerprint density at radius 3 is 2.96 bits per heavy atom. The number of hydrogen-bond acceptors (Lipinski definition) is 5. The van der Waals surface area contributed by atoms with Crippen LogP contribution in [0.15, 0.2) is 35.7 Å². The largest absolute Gasteiger partial charge is 0.420 e. The van der Waals surface area contributed by atoms with E-state index in [1.165, 1.54) is 0 Å². The molecule has 3 rings (SSSR count). The molecule has 118 valence electrons. The number of nitriles is 1. The van der Waals surface area contributed by atoms with Gasteiger partial charge in [-0.1, -0.05) is 29.8 Å². The molecule has 0 amide bonds. The topological polar surface area (TPSA) is 87.7 Å². The minimum atomic E-state index is -0.152. The van der Waals surface area contributed by atoms with Crippen LogP contribution in [0.3, 0.4) is 0 Å². The van der Waals surface area contributed by atoms with Crippen LogP contribution in [-0.4, -0.2) is 22.2 Å². The van der Waals surface area contributed by atoms with E-state index in [-0.39, 0.29) is 11.8 Å². The number of halogens is 1. The molecule has 1 aromatic heterocycles. The number of allylic oxidation sites excluding steroid dienone is 1. The highest BCUT2D eigenvalue weighted by atomic mass is 35.5. The first kappa shape index (κ1) is 15.8. The van der Waals surface area contributed by atoms with E-state index >= 15 is 0 Å². The van der Waals surface area contributed by atoms with Crippen molar-refractivity contribution < 1.29 is 4.74 Å². The average molecular weight is 347 g/mol. The van der Waals surface area contributed by atoms with Crippen molar-refractivity contribution in [2.45, 2.75) is 12.3 Å². The van der Waals surface area contributed by atoms with Gasteiger partial charge in [0, 0.05) is 16.5 Å². The standard InChI is InChI=1S/C16H15ClN4OS/c1-23-7-6-9-11(8-18)15(19)22-16-13(9)14(20-21-16)10-4-2-3-5-12(10)17/h2-5,9H,6-7,19H2,1H3,(H,20,21). The van der Waals surface area contributed by atoms with E-state index in [2.05, 4.69) is 16.3 Å². The van der Waals surface area contributed by atoms with E-state index in [0.29, 0.717) is 16.5 Å². The number of nitrogens with two attached hydrogens (primary N) is 1. The molecule has 1 aliphatic rings. The number of nitrogens with one attached hydrogen (secondary N) is 1. The molecule has 0 bridgehead atoms. The summed E-state index contributed by atoms with van der Waals surface area (Å²) in [5, 5.41) is 17.3. The van der Waals surface area contributed by atoms with Crippen molar-refractivity contribution in [1.82, 2.24) is 10.2 Å². The molecule has 0 spiro atoms. The van der Waals surface area contributed by atoms with Gasteiger partial charge in [0.15, 0.2) is 0 Å². The predicted molar refractivity (Wildman–Crippen MR) is 92.2 cm³/mol. The Morgan fingerprint density at radius 1 is 1.48 bits per heavy atom. The first-order chi connectivity index (χ1) is 11.2. The van der Waals surface area contributed by atoms with Crippen molar-refractivity contribution in [1.29, 1.82) is 5.26 Å². The van der Waals surface area contributed by atoms with Crippen LogP contribution in [0, 0.1) is 11.3 Å². The summed E-state index contributed by atoms with van der Waals surface area (Å²) >= 11 is 8.04. The first-order valence-electron chi connectivity index (χ1n) is 7.07. The van der Waals surface area contributed by atoms with Crippen LogP contribution >= 0.6 is 23.4 Å². The van der Waals surface area contributed by atoms with Gasteiger partial charge in [-0.3, -0.25) is 5.10 Å². The lowest BCUT2D eigenvalue weighted by Gasteiger charge is -2.23. The molecule has 1 aromatic carbocycles. The highest BCUT2D eigenvalue weighted by Crippen LogP contribution is 2.45. The Labute approximate surface area is 143 Å². The molecule has 1 aliphatic heterocycles. The lowest BCUT2D eigenvalue weighted by molar-refractivity contribution is 0.373. The number of aromatic nitrogens is 2. The van der Waals surface area contributed by atoms with Crippen molar-refractivity contribution in [2.75, 3.05) is 12.0 Å². The van der Waals surface area contributed by atoms with Crippen LogP contribution in [0.5, 0.6) is 5.88 Å². The molecule has 23 heavy (non-hydrogen) atoms. The molecule has 3 N–H and O–H groups in total. The summed E-state index contributed by atoms with van der Waals surface area (Å²) in [6, 6.07) is 9.69. The molecule has 0 radical (unpaired) electrons. The number of rotatable bonds is 4. The number of fused-ring (bicyclic) bond motifs is 1. The van der Waals surface area contributed by atoms with Gasteiger partial charge in [-0.15, -0.1) is 5.10 Å². The van der Waals surface area contributed by atoms with Crippen molar-refractivity contribution >= 4 is 23.4 Å². The lowest BCUT2D eigenvalue weighted by Crippen LogP contribution is -2.20. The number of nitrogens with zero attached hydrogens (tertiary/aromatic N) is 2. The van der Waals surface area contributed by atoms with Crippen molar-refractivity contribution in [3.8, 4) is 23.2 Å². The zero-order chi connectivity index (χ0) is 16.4. The minimum absolute atomic E-state index is 0.128. The molecule has 1 unspecified atom stereocenters. The number of aromatic amines is 1. The highest BCUT2D eigenvalue weighted by Gasteiger charge is 2.34. The van der Waals surface area contributed by atoms with Crippen LogP contribution in [-0.2, 0) is 0 Å². The highest BCUT2D eigenvalue weighted by molar-refractivity contribution is 7.98. The number of ether oxygens (including phenoxy) is 1. The maximum atomic E-state index is 9.48. The van der Waals surface area contributed by atoms with E-state index in [1.807, 2.05) is 30.5 Å². The van der Waals surface area contributed by atoms with Gasteiger partial charge < -0.3 is 10.5 Å². The normalized spacial score (nSPS) is 16.7. The Hall–Kier alpha value is -2.10. The summed E-state index contributed by atoms with van der Waals surface area (Å²) in [4.78, 5) is 0. The third-order valence-electron chi connectivity index (χ3n) is 3.81. The molecule has 2 heterocycles. The van der Waals surface area contributed by atoms with Gasteiger partial charge in [0.25, 0.3) is 0 Å². The SMILES string of the molecule is CSCCC1C(C#N)=C(N)Oc2n[nH]c(-c3ccccc3Cl)c21. The quantitative estimate of drug-likeness (QED) is 0.882.